The number of nitrogen functional groups attached to an aromatic ring is 1. The molecule has 5 N–H and O–H groups in total. The normalized spacial score (nSPS) is 10.0. The first-order chi connectivity index (χ1) is 10.1. The highest BCUT2D eigenvalue weighted by Gasteiger charge is 2.18. The van der Waals surface area contributed by atoms with Gasteiger partial charge in [0.1, 0.15) is 11.8 Å². The van der Waals surface area contributed by atoms with Crippen LogP contribution in [0.1, 0.15) is 5.69 Å². The van der Waals surface area contributed by atoms with E-state index in [1.165, 1.54) is 0 Å². The molecule has 0 amide bonds. The Hall–Kier alpha value is -2.81. The number of aryl methyl sites for hydroxylation is 1. The van der Waals surface area contributed by atoms with E-state index in [2.05, 4.69) is 22.0 Å². The second-order valence-corrected chi connectivity index (χ2v) is 4.72. The number of hydrogen-bond donors (Lipinski definition) is 4. The van der Waals surface area contributed by atoms with Crippen molar-refractivity contribution in [2.75, 3.05) is 42.8 Å². The van der Waals surface area contributed by atoms with Crippen LogP contribution in [0.2, 0.25) is 0 Å². The highest BCUT2D eigenvalue weighted by atomic mass is 15.0. The predicted molar refractivity (Wildman–Crippen MR) is 88.6 cm³/mol. The van der Waals surface area contributed by atoms with E-state index in [-0.39, 0.29) is 0 Å². The summed E-state index contributed by atoms with van der Waals surface area (Å²) in [5, 5.41) is 18.7. The Bertz CT molecular complexity index is 683. The molecule has 0 aliphatic heterocycles. The van der Waals surface area contributed by atoms with Crippen LogP contribution in [0.15, 0.2) is 18.3 Å². The monoisotopic (exact) mass is 284 g/mol. The van der Waals surface area contributed by atoms with Crippen LogP contribution in [0.3, 0.4) is 0 Å². The minimum Gasteiger partial charge on any atom is -0.396 e. The molecule has 0 saturated carbocycles. The highest BCUT2D eigenvalue weighted by molar-refractivity contribution is 5.96. The number of nitrogens with zero attached hydrogens (tertiary/aromatic N) is 2. The first-order valence-electron chi connectivity index (χ1n) is 6.63. The van der Waals surface area contributed by atoms with Gasteiger partial charge in [-0.05, 0) is 12.1 Å². The zero-order valence-corrected chi connectivity index (χ0v) is 12.7. The van der Waals surface area contributed by atoms with Gasteiger partial charge in [0.2, 0.25) is 0 Å². The van der Waals surface area contributed by atoms with Crippen LogP contribution in [0, 0.1) is 11.3 Å². The van der Waals surface area contributed by atoms with Gasteiger partial charge in [-0.25, -0.2) is 0 Å². The number of nitriles is 1. The van der Waals surface area contributed by atoms with E-state index in [0.29, 0.717) is 11.4 Å². The fourth-order valence-corrected chi connectivity index (χ4v) is 2.45. The summed E-state index contributed by atoms with van der Waals surface area (Å²) in [4.78, 5) is 0. The van der Waals surface area contributed by atoms with Crippen molar-refractivity contribution >= 4 is 22.7 Å². The number of nitrogens with one attached hydrogen (secondary N) is 3. The van der Waals surface area contributed by atoms with E-state index in [1.54, 1.807) is 4.57 Å². The number of anilines is 4. The van der Waals surface area contributed by atoms with E-state index in [4.69, 9.17) is 5.73 Å². The van der Waals surface area contributed by atoms with Crippen molar-refractivity contribution in [1.29, 1.82) is 5.26 Å². The Labute approximate surface area is 124 Å². The molecule has 2 rings (SSSR count). The lowest BCUT2D eigenvalue weighted by atomic mass is 10.0. The Morgan fingerprint density at radius 1 is 1.10 bits per heavy atom. The lowest BCUT2D eigenvalue weighted by Gasteiger charge is -2.16. The third-order valence-corrected chi connectivity index (χ3v) is 3.56. The molecule has 1 aromatic carbocycles. The molecule has 21 heavy (non-hydrogen) atoms. The van der Waals surface area contributed by atoms with Gasteiger partial charge in [-0.3, -0.25) is 0 Å². The fourth-order valence-electron chi connectivity index (χ4n) is 2.45. The van der Waals surface area contributed by atoms with E-state index in [9.17, 15) is 5.26 Å². The molecule has 0 radical (unpaired) electrons. The summed E-state index contributed by atoms with van der Waals surface area (Å²) in [5.74, 6) is 0. The lowest BCUT2D eigenvalue weighted by molar-refractivity contribution is 0.910. The number of nitrogens with two attached hydrogens (primary N) is 1. The number of benzene rings is 1. The van der Waals surface area contributed by atoms with Crippen molar-refractivity contribution in [1.82, 2.24) is 4.57 Å². The largest absolute Gasteiger partial charge is 0.396 e. The number of rotatable bonds is 4. The number of aromatic nitrogens is 1. The average Bonchev–Trinajstić information content (AvgIpc) is 2.79. The molecule has 0 aliphatic carbocycles. The minimum absolute atomic E-state index is 0.465. The fraction of sp³-hybridized carbons (Fsp3) is 0.267. The summed E-state index contributed by atoms with van der Waals surface area (Å²) in [6, 6.07) is 6.15. The number of hydrogen-bond acceptors (Lipinski definition) is 5. The van der Waals surface area contributed by atoms with Crippen LogP contribution in [-0.2, 0) is 7.05 Å². The molecule has 110 valence electrons. The topological polar surface area (TPSA) is 90.8 Å². The molecule has 0 fully saturated rings. The second-order valence-electron chi connectivity index (χ2n) is 4.72. The van der Waals surface area contributed by atoms with Crippen molar-refractivity contribution in [3.05, 3.63) is 24.0 Å². The van der Waals surface area contributed by atoms with Crippen molar-refractivity contribution in [3.63, 3.8) is 0 Å². The Kier molecular flexibility index (Phi) is 3.94. The molecule has 2 aromatic rings. The van der Waals surface area contributed by atoms with Crippen LogP contribution in [0.4, 0.5) is 22.7 Å². The van der Waals surface area contributed by atoms with E-state index in [1.807, 2.05) is 46.5 Å². The maximum Gasteiger partial charge on any atom is 0.143 e. The summed E-state index contributed by atoms with van der Waals surface area (Å²) >= 11 is 0. The third-order valence-electron chi connectivity index (χ3n) is 3.56. The summed E-state index contributed by atoms with van der Waals surface area (Å²) in [5.41, 5.74) is 11.8. The Morgan fingerprint density at radius 3 is 2.05 bits per heavy atom. The molecule has 0 atom stereocenters. The molecular formula is C15H20N6. The smallest absolute Gasteiger partial charge is 0.143 e. The van der Waals surface area contributed by atoms with Crippen LogP contribution in [0.25, 0.3) is 11.1 Å². The molecule has 0 spiro atoms. The molecule has 6 heteroatoms. The summed E-state index contributed by atoms with van der Waals surface area (Å²) in [6.45, 7) is 0. The van der Waals surface area contributed by atoms with Gasteiger partial charge in [0.25, 0.3) is 0 Å². The van der Waals surface area contributed by atoms with Crippen molar-refractivity contribution in [2.24, 2.45) is 7.05 Å². The molecular weight excluding hydrogens is 264 g/mol. The minimum atomic E-state index is 0.465. The lowest BCUT2D eigenvalue weighted by Crippen LogP contribution is -2.01. The zero-order chi connectivity index (χ0) is 15.6. The highest BCUT2D eigenvalue weighted by Crippen LogP contribution is 2.41. The van der Waals surface area contributed by atoms with Gasteiger partial charge in [-0.15, -0.1) is 0 Å². The van der Waals surface area contributed by atoms with Crippen LogP contribution in [0.5, 0.6) is 0 Å². The molecule has 1 heterocycles. The van der Waals surface area contributed by atoms with Gasteiger partial charge in [0, 0.05) is 62.6 Å². The summed E-state index contributed by atoms with van der Waals surface area (Å²) in [7, 11) is 7.42. The van der Waals surface area contributed by atoms with Gasteiger partial charge in [0.05, 0.1) is 5.69 Å². The molecule has 1 aromatic heterocycles. The molecule has 6 nitrogen and oxygen atoms in total. The third kappa shape index (κ3) is 2.34. The SMILES string of the molecule is CNc1cc(NC)c(-c2cn(C)c(C#N)c2N)c(NC)c1. The van der Waals surface area contributed by atoms with Crippen LogP contribution < -0.4 is 21.7 Å². The van der Waals surface area contributed by atoms with Gasteiger partial charge in [-0.2, -0.15) is 5.26 Å². The molecule has 0 aliphatic rings. The first kappa shape index (κ1) is 14.6. The standard InChI is InChI=1S/C15H20N6/c1-18-9-5-11(19-2)14(12(6-9)20-3)10-8-21(4)13(7-16)15(10)17/h5-6,8,18-20H,17H2,1-4H3. The van der Waals surface area contributed by atoms with E-state index >= 15 is 0 Å². The average molecular weight is 284 g/mol. The van der Waals surface area contributed by atoms with E-state index in [0.717, 1.165) is 28.2 Å². The van der Waals surface area contributed by atoms with Gasteiger partial charge < -0.3 is 26.3 Å². The first-order valence-corrected chi connectivity index (χ1v) is 6.63. The van der Waals surface area contributed by atoms with Gasteiger partial charge >= 0.3 is 0 Å². The second kappa shape index (κ2) is 5.67. The zero-order valence-electron chi connectivity index (χ0n) is 12.7. The Morgan fingerprint density at radius 2 is 1.67 bits per heavy atom. The molecule has 0 unspecified atom stereocenters. The Balaban J connectivity index is 2.77. The van der Waals surface area contributed by atoms with Crippen molar-refractivity contribution in [2.45, 2.75) is 0 Å². The summed E-state index contributed by atoms with van der Waals surface area (Å²) < 4.78 is 1.75. The van der Waals surface area contributed by atoms with Gasteiger partial charge in [0.15, 0.2) is 0 Å². The quantitative estimate of drug-likeness (QED) is 0.691. The van der Waals surface area contributed by atoms with Crippen molar-refractivity contribution < 1.29 is 0 Å². The maximum atomic E-state index is 9.20. The van der Waals surface area contributed by atoms with Gasteiger partial charge in [-0.1, -0.05) is 0 Å². The summed E-state index contributed by atoms with van der Waals surface area (Å²) in [6.07, 6.45) is 1.88. The van der Waals surface area contributed by atoms with E-state index < -0.39 is 0 Å². The molecule has 0 saturated heterocycles. The van der Waals surface area contributed by atoms with Crippen molar-refractivity contribution in [3.8, 4) is 17.2 Å². The maximum absolute atomic E-state index is 9.20. The van der Waals surface area contributed by atoms with Crippen LogP contribution >= 0.6 is 0 Å². The van der Waals surface area contributed by atoms with Crippen LogP contribution in [-0.4, -0.2) is 25.7 Å². The molecule has 0 bridgehead atoms. The predicted octanol–water partition coefficient (Wildman–Crippen LogP) is 2.27.